The molecule has 3 heterocycles. The van der Waals surface area contributed by atoms with Crippen molar-refractivity contribution in [2.45, 2.75) is 13.3 Å². The van der Waals surface area contributed by atoms with Crippen molar-refractivity contribution in [1.29, 1.82) is 0 Å². The van der Waals surface area contributed by atoms with Crippen LogP contribution in [-0.2, 0) is 6.42 Å². The summed E-state index contributed by atoms with van der Waals surface area (Å²) in [7, 11) is 0. The zero-order chi connectivity index (χ0) is 18.2. The minimum Gasteiger partial charge on any atom is -0.464 e. The van der Waals surface area contributed by atoms with E-state index < -0.39 is 0 Å². The van der Waals surface area contributed by atoms with Crippen LogP contribution in [0.5, 0.6) is 0 Å². The number of anilines is 1. The van der Waals surface area contributed by atoms with Gasteiger partial charge in [-0.05, 0) is 49.2 Å². The third-order valence-electron chi connectivity index (χ3n) is 5.79. The molecule has 0 radical (unpaired) electrons. The summed E-state index contributed by atoms with van der Waals surface area (Å²) in [5.41, 5.74) is 6.19. The second kappa shape index (κ2) is 7.90. The number of H-pyrrole nitrogens is 1. The van der Waals surface area contributed by atoms with Gasteiger partial charge in [0.15, 0.2) is 0 Å². The highest BCUT2D eigenvalue weighted by Gasteiger charge is 2.19. The smallest absolute Gasteiger partial charge is 0.134 e. The van der Waals surface area contributed by atoms with Crippen LogP contribution in [0.2, 0.25) is 0 Å². The Morgan fingerprint density at radius 3 is 2.71 bits per heavy atom. The molecule has 0 unspecified atom stereocenters. The molecule has 1 aliphatic rings. The molecule has 1 N–H and O–H groups in total. The summed E-state index contributed by atoms with van der Waals surface area (Å²) in [5, 5.41) is 2.60. The maximum atomic E-state index is 5.72. The van der Waals surface area contributed by atoms with Gasteiger partial charge in [0.1, 0.15) is 5.58 Å². The number of fused-ring (bicyclic) bond motifs is 2. The van der Waals surface area contributed by atoms with E-state index in [0.717, 1.165) is 44.7 Å². The van der Waals surface area contributed by atoms with Gasteiger partial charge in [0, 0.05) is 60.9 Å². The highest BCUT2D eigenvalue weighted by Crippen LogP contribution is 2.27. The van der Waals surface area contributed by atoms with Gasteiger partial charge in [0.2, 0.25) is 0 Å². The molecule has 0 amide bonds. The number of aryl methyl sites for hydroxylation is 1. The summed E-state index contributed by atoms with van der Waals surface area (Å²) in [5.74, 6) is 0. The summed E-state index contributed by atoms with van der Waals surface area (Å²) in [6.07, 6.45) is 5.01. The van der Waals surface area contributed by atoms with Gasteiger partial charge >= 0.3 is 0 Å². The van der Waals surface area contributed by atoms with E-state index >= 15 is 0 Å². The lowest BCUT2D eigenvalue weighted by Crippen LogP contribution is -2.47. The van der Waals surface area contributed by atoms with Gasteiger partial charge in [-0.15, -0.1) is 12.4 Å². The largest absolute Gasteiger partial charge is 0.464 e. The van der Waals surface area contributed by atoms with Crippen LogP contribution >= 0.6 is 12.4 Å². The molecule has 0 atom stereocenters. The summed E-state index contributed by atoms with van der Waals surface area (Å²) < 4.78 is 5.72. The Morgan fingerprint density at radius 1 is 1.00 bits per heavy atom. The second-order valence-corrected chi connectivity index (χ2v) is 7.56. The normalized spacial score (nSPS) is 15.2. The molecule has 4 aromatic rings. The van der Waals surface area contributed by atoms with Crippen molar-refractivity contribution in [1.82, 2.24) is 9.88 Å². The van der Waals surface area contributed by atoms with Crippen molar-refractivity contribution in [3.63, 3.8) is 0 Å². The molecule has 1 fully saturated rings. The van der Waals surface area contributed by atoms with Crippen LogP contribution in [0.15, 0.2) is 59.3 Å². The number of aromatic amines is 1. The molecule has 146 valence electrons. The average molecular weight is 396 g/mol. The Hall–Kier alpha value is -2.43. The standard InChI is InChI=1S/C23H25N3O.ClH/c1-17-5-6-23-20(15-17)18(16-27-23)8-10-25-11-13-26(14-12-25)22-4-2-3-21-19(22)7-9-24-21;/h2-7,9,15-16,24H,8,10-14H2,1H3;1H. The third-order valence-corrected chi connectivity index (χ3v) is 5.79. The lowest BCUT2D eigenvalue weighted by molar-refractivity contribution is 0.261. The molecular weight excluding hydrogens is 370 g/mol. The van der Waals surface area contributed by atoms with Crippen LogP contribution in [0.3, 0.4) is 0 Å². The van der Waals surface area contributed by atoms with Gasteiger partial charge in [0.25, 0.3) is 0 Å². The van der Waals surface area contributed by atoms with Crippen LogP contribution in [0, 0.1) is 6.92 Å². The second-order valence-electron chi connectivity index (χ2n) is 7.56. The Bertz CT molecular complexity index is 1080. The molecule has 2 aromatic carbocycles. The monoisotopic (exact) mass is 395 g/mol. The van der Waals surface area contributed by atoms with Crippen molar-refractivity contribution >= 4 is 40.0 Å². The van der Waals surface area contributed by atoms with Gasteiger partial charge < -0.3 is 14.3 Å². The molecule has 4 nitrogen and oxygen atoms in total. The number of halogens is 1. The SMILES string of the molecule is Cc1ccc2occ(CCN3CCN(c4cccc5[nH]ccc45)CC3)c2c1.Cl. The highest BCUT2D eigenvalue weighted by atomic mass is 35.5. The summed E-state index contributed by atoms with van der Waals surface area (Å²) in [4.78, 5) is 8.41. The molecule has 5 rings (SSSR count). The fourth-order valence-corrected chi connectivity index (χ4v) is 4.22. The molecular formula is C23H26ClN3O. The first kappa shape index (κ1) is 18.9. The van der Waals surface area contributed by atoms with Crippen LogP contribution in [0.25, 0.3) is 21.9 Å². The predicted molar refractivity (Wildman–Crippen MR) is 119 cm³/mol. The highest BCUT2D eigenvalue weighted by molar-refractivity contribution is 5.92. The molecule has 2 aromatic heterocycles. The number of hydrogen-bond donors (Lipinski definition) is 1. The van der Waals surface area contributed by atoms with Crippen molar-refractivity contribution < 1.29 is 4.42 Å². The van der Waals surface area contributed by atoms with E-state index in [0.29, 0.717) is 0 Å². The number of aromatic nitrogens is 1. The van der Waals surface area contributed by atoms with Gasteiger partial charge in [-0.2, -0.15) is 0 Å². The lowest BCUT2D eigenvalue weighted by Gasteiger charge is -2.36. The van der Waals surface area contributed by atoms with Crippen LogP contribution in [-0.4, -0.2) is 42.6 Å². The Labute approximate surface area is 171 Å². The molecule has 28 heavy (non-hydrogen) atoms. The maximum Gasteiger partial charge on any atom is 0.134 e. The fraction of sp³-hybridized carbons (Fsp3) is 0.304. The van der Waals surface area contributed by atoms with E-state index in [2.05, 4.69) is 64.2 Å². The van der Waals surface area contributed by atoms with E-state index in [1.807, 2.05) is 12.5 Å². The Balaban J connectivity index is 0.00000192. The van der Waals surface area contributed by atoms with Crippen LogP contribution in [0.4, 0.5) is 5.69 Å². The number of furan rings is 1. The minimum absolute atomic E-state index is 0. The number of piperazine rings is 1. The zero-order valence-electron chi connectivity index (χ0n) is 16.1. The van der Waals surface area contributed by atoms with E-state index in [9.17, 15) is 0 Å². The predicted octanol–water partition coefficient (Wildman–Crippen LogP) is 5.01. The van der Waals surface area contributed by atoms with Crippen LogP contribution < -0.4 is 4.90 Å². The van der Waals surface area contributed by atoms with E-state index in [-0.39, 0.29) is 12.4 Å². The Kier molecular flexibility index (Phi) is 5.33. The van der Waals surface area contributed by atoms with E-state index in [4.69, 9.17) is 4.42 Å². The number of rotatable bonds is 4. The van der Waals surface area contributed by atoms with Crippen molar-refractivity contribution in [2.75, 3.05) is 37.6 Å². The molecule has 5 heteroatoms. The van der Waals surface area contributed by atoms with Gasteiger partial charge in [-0.1, -0.05) is 17.7 Å². The van der Waals surface area contributed by atoms with Gasteiger partial charge in [0.05, 0.1) is 6.26 Å². The number of hydrogen-bond acceptors (Lipinski definition) is 3. The van der Waals surface area contributed by atoms with E-state index in [1.54, 1.807) is 0 Å². The molecule has 0 bridgehead atoms. The average Bonchev–Trinajstić information content (AvgIpc) is 3.33. The number of nitrogens with one attached hydrogen (secondary N) is 1. The molecule has 0 aliphatic carbocycles. The third kappa shape index (κ3) is 3.50. The fourth-order valence-electron chi connectivity index (χ4n) is 4.22. The summed E-state index contributed by atoms with van der Waals surface area (Å²) in [6.45, 7) is 7.60. The van der Waals surface area contributed by atoms with Gasteiger partial charge in [-0.3, -0.25) is 4.90 Å². The number of benzene rings is 2. The molecule has 0 spiro atoms. The minimum atomic E-state index is 0. The maximum absolute atomic E-state index is 5.72. The van der Waals surface area contributed by atoms with E-state index in [1.165, 1.54) is 33.1 Å². The first-order chi connectivity index (χ1) is 13.3. The van der Waals surface area contributed by atoms with Crippen molar-refractivity contribution in [3.8, 4) is 0 Å². The number of nitrogens with zero attached hydrogens (tertiary/aromatic N) is 2. The summed E-state index contributed by atoms with van der Waals surface area (Å²) in [6, 6.07) is 15.1. The van der Waals surface area contributed by atoms with Gasteiger partial charge in [-0.25, -0.2) is 0 Å². The zero-order valence-corrected chi connectivity index (χ0v) is 17.0. The molecule has 1 aliphatic heterocycles. The van der Waals surface area contributed by atoms with Crippen LogP contribution in [0.1, 0.15) is 11.1 Å². The lowest BCUT2D eigenvalue weighted by atomic mass is 10.1. The first-order valence-electron chi connectivity index (χ1n) is 9.78. The molecule has 0 saturated carbocycles. The molecule has 1 saturated heterocycles. The first-order valence-corrected chi connectivity index (χ1v) is 9.78. The summed E-state index contributed by atoms with van der Waals surface area (Å²) >= 11 is 0. The Morgan fingerprint density at radius 2 is 1.86 bits per heavy atom. The van der Waals surface area contributed by atoms with Crippen molar-refractivity contribution in [2.24, 2.45) is 0 Å². The van der Waals surface area contributed by atoms with Crippen molar-refractivity contribution in [3.05, 3.63) is 66.1 Å². The quantitative estimate of drug-likeness (QED) is 0.527. The topological polar surface area (TPSA) is 35.4 Å².